The van der Waals surface area contributed by atoms with Gasteiger partial charge in [0, 0.05) is 48.1 Å². The van der Waals surface area contributed by atoms with E-state index >= 15 is 0 Å². The molecule has 0 saturated carbocycles. The molecule has 4 heteroatoms. The van der Waals surface area contributed by atoms with Crippen LogP contribution in [-0.4, -0.2) is 14.5 Å². The third-order valence-corrected chi connectivity index (χ3v) is 9.33. The maximum Gasteiger partial charge on any atom is 0.162 e. The molecular formula is C38H23N3S. The van der Waals surface area contributed by atoms with Crippen LogP contribution in [0, 0.1) is 0 Å². The number of para-hydroxylation sites is 1. The maximum absolute atomic E-state index is 5.19. The van der Waals surface area contributed by atoms with Gasteiger partial charge in [0.15, 0.2) is 5.82 Å². The Balaban J connectivity index is 1.39. The lowest BCUT2D eigenvalue weighted by atomic mass is 10.0. The van der Waals surface area contributed by atoms with Crippen molar-refractivity contribution in [1.82, 2.24) is 14.5 Å². The first-order valence-corrected chi connectivity index (χ1v) is 14.9. The lowest BCUT2D eigenvalue weighted by molar-refractivity contribution is 1.05. The normalized spacial score (nSPS) is 11.8. The monoisotopic (exact) mass is 553 g/mol. The molecule has 0 aliphatic carbocycles. The second-order valence-corrected chi connectivity index (χ2v) is 11.7. The van der Waals surface area contributed by atoms with Crippen LogP contribution in [0.2, 0.25) is 0 Å². The molecule has 0 radical (unpaired) electrons. The summed E-state index contributed by atoms with van der Waals surface area (Å²) in [5.41, 5.74) is 5.23. The van der Waals surface area contributed by atoms with Gasteiger partial charge in [0.2, 0.25) is 0 Å². The molecule has 3 heterocycles. The van der Waals surface area contributed by atoms with Crippen LogP contribution in [0.15, 0.2) is 140 Å². The van der Waals surface area contributed by atoms with Crippen molar-refractivity contribution in [2.45, 2.75) is 0 Å². The van der Waals surface area contributed by atoms with Gasteiger partial charge in [0.05, 0.1) is 16.7 Å². The zero-order valence-electron chi connectivity index (χ0n) is 22.5. The molecule has 9 aromatic rings. The fourth-order valence-electron chi connectivity index (χ4n) is 6.28. The number of aromatic nitrogens is 3. The van der Waals surface area contributed by atoms with Crippen LogP contribution in [0.3, 0.4) is 0 Å². The number of thiophene rings is 1. The molecule has 0 spiro atoms. The van der Waals surface area contributed by atoms with E-state index in [0.29, 0.717) is 5.82 Å². The summed E-state index contributed by atoms with van der Waals surface area (Å²) < 4.78 is 4.95. The fraction of sp³-hybridized carbons (Fsp3) is 0. The van der Waals surface area contributed by atoms with Gasteiger partial charge in [-0.15, -0.1) is 11.3 Å². The Morgan fingerprint density at radius 3 is 2.02 bits per heavy atom. The highest BCUT2D eigenvalue weighted by atomic mass is 32.1. The quantitative estimate of drug-likeness (QED) is 0.218. The summed E-state index contributed by atoms with van der Waals surface area (Å²) in [4.78, 5) is 10.2. The molecule has 3 nitrogen and oxygen atoms in total. The van der Waals surface area contributed by atoms with Crippen molar-refractivity contribution >= 4 is 64.1 Å². The molecular weight excluding hydrogens is 531 g/mol. The van der Waals surface area contributed by atoms with Gasteiger partial charge in [-0.3, -0.25) is 4.57 Å². The zero-order valence-corrected chi connectivity index (χ0v) is 23.3. The second-order valence-electron chi connectivity index (χ2n) is 10.6. The number of benzene rings is 6. The van der Waals surface area contributed by atoms with Gasteiger partial charge in [0.1, 0.15) is 5.82 Å². The van der Waals surface area contributed by atoms with Crippen molar-refractivity contribution in [3.63, 3.8) is 0 Å². The van der Waals surface area contributed by atoms with E-state index in [1.165, 1.54) is 41.7 Å². The largest absolute Gasteiger partial charge is 0.294 e. The lowest BCUT2D eigenvalue weighted by Gasteiger charge is -2.12. The maximum atomic E-state index is 5.19. The molecule has 0 N–H and O–H groups in total. The summed E-state index contributed by atoms with van der Waals surface area (Å²) in [7, 11) is 0. The minimum Gasteiger partial charge on any atom is -0.294 e. The number of rotatable bonds is 3. The highest BCUT2D eigenvalue weighted by molar-refractivity contribution is 7.26. The van der Waals surface area contributed by atoms with E-state index < -0.39 is 0 Å². The van der Waals surface area contributed by atoms with E-state index in [1.807, 2.05) is 35.6 Å². The molecule has 0 aliphatic heterocycles. The van der Waals surface area contributed by atoms with Crippen LogP contribution in [0.5, 0.6) is 0 Å². The minimum absolute atomic E-state index is 0.713. The molecule has 0 saturated heterocycles. The average molecular weight is 554 g/mol. The van der Waals surface area contributed by atoms with Crippen molar-refractivity contribution in [3.05, 3.63) is 140 Å². The Morgan fingerprint density at radius 1 is 0.476 bits per heavy atom. The van der Waals surface area contributed by atoms with E-state index in [9.17, 15) is 0 Å². The number of hydrogen-bond acceptors (Lipinski definition) is 3. The Bertz CT molecular complexity index is 2400. The van der Waals surface area contributed by atoms with E-state index in [-0.39, 0.29) is 0 Å². The van der Waals surface area contributed by atoms with Crippen molar-refractivity contribution in [1.29, 1.82) is 0 Å². The van der Waals surface area contributed by atoms with Crippen molar-refractivity contribution in [3.8, 4) is 28.5 Å². The summed E-state index contributed by atoms with van der Waals surface area (Å²) in [6.45, 7) is 0. The second kappa shape index (κ2) is 9.10. The van der Waals surface area contributed by atoms with Crippen LogP contribution >= 0.6 is 11.3 Å². The first-order valence-electron chi connectivity index (χ1n) is 14.1. The van der Waals surface area contributed by atoms with E-state index in [4.69, 9.17) is 9.97 Å². The molecule has 0 fully saturated rings. The Morgan fingerprint density at radius 2 is 1.19 bits per heavy atom. The van der Waals surface area contributed by atoms with Crippen molar-refractivity contribution in [2.75, 3.05) is 0 Å². The van der Waals surface area contributed by atoms with Crippen LogP contribution < -0.4 is 0 Å². The lowest BCUT2D eigenvalue weighted by Crippen LogP contribution is -2.02. The topological polar surface area (TPSA) is 30.7 Å². The summed E-state index contributed by atoms with van der Waals surface area (Å²) in [5.74, 6) is 1.57. The third-order valence-electron chi connectivity index (χ3n) is 8.19. The van der Waals surface area contributed by atoms with Gasteiger partial charge in [0.25, 0.3) is 0 Å². The summed E-state index contributed by atoms with van der Waals surface area (Å²) in [6.07, 6.45) is 0. The number of nitrogens with zero attached hydrogens (tertiary/aromatic N) is 3. The molecule has 0 unspecified atom stereocenters. The van der Waals surface area contributed by atoms with E-state index in [1.54, 1.807) is 0 Å². The number of hydrogen-bond donors (Lipinski definition) is 0. The molecule has 0 atom stereocenters. The highest BCUT2D eigenvalue weighted by Crippen LogP contribution is 2.42. The van der Waals surface area contributed by atoms with Crippen molar-refractivity contribution in [2.24, 2.45) is 0 Å². The highest BCUT2D eigenvalue weighted by Gasteiger charge is 2.18. The molecule has 0 aliphatic rings. The molecule has 3 aromatic heterocycles. The van der Waals surface area contributed by atoms with E-state index in [2.05, 4.69) is 120 Å². The smallest absolute Gasteiger partial charge is 0.162 e. The van der Waals surface area contributed by atoms with Crippen LogP contribution in [-0.2, 0) is 0 Å². The first-order chi connectivity index (χ1) is 20.8. The number of fused-ring (bicyclic) bond motifs is 8. The molecule has 42 heavy (non-hydrogen) atoms. The molecule has 9 rings (SSSR count). The van der Waals surface area contributed by atoms with Gasteiger partial charge in [-0.2, -0.15) is 0 Å². The van der Waals surface area contributed by atoms with Crippen LogP contribution in [0.25, 0.3) is 81.2 Å². The predicted molar refractivity (Wildman–Crippen MR) is 178 cm³/mol. The predicted octanol–water partition coefficient (Wildman–Crippen LogP) is 10.4. The fourth-order valence-corrected chi connectivity index (χ4v) is 7.40. The Labute approximate surface area is 246 Å². The standard InChI is InChI=1S/C38H23N3S/c1-3-11-24(12-4-1)31-23-36(40-38(39-31)25-13-5-2-6-14-25)41-32-17-9-7-15-27(32)30-22-29-26(21-33(30)41)19-20-35-37(29)28-16-8-10-18-34(28)42-35/h1-23H. The van der Waals surface area contributed by atoms with Gasteiger partial charge in [-0.1, -0.05) is 103 Å². The Hall–Kier alpha value is -5.32. The third kappa shape index (κ3) is 3.52. The molecule has 0 amide bonds. The van der Waals surface area contributed by atoms with Crippen LogP contribution in [0.1, 0.15) is 0 Å². The van der Waals surface area contributed by atoms with Gasteiger partial charge < -0.3 is 0 Å². The molecule has 6 aromatic carbocycles. The average Bonchev–Trinajstić information content (AvgIpc) is 3.60. The van der Waals surface area contributed by atoms with E-state index in [0.717, 1.165) is 33.7 Å². The van der Waals surface area contributed by atoms with Crippen LogP contribution in [0.4, 0.5) is 0 Å². The zero-order chi connectivity index (χ0) is 27.6. The minimum atomic E-state index is 0.713. The molecule has 196 valence electrons. The molecule has 0 bridgehead atoms. The van der Waals surface area contributed by atoms with Gasteiger partial charge in [-0.05, 0) is 41.1 Å². The van der Waals surface area contributed by atoms with Gasteiger partial charge >= 0.3 is 0 Å². The summed E-state index contributed by atoms with van der Waals surface area (Å²) in [5, 5.41) is 7.61. The Kier molecular flexibility index (Phi) is 5.07. The first kappa shape index (κ1) is 23.4. The summed E-state index contributed by atoms with van der Waals surface area (Å²) in [6, 6.07) is 49.4. The van der Waals surface area contributed by atoms with Crippen molar-refractivity contribution < 1.29 is 0 Å². The van der Waals surface area contributed by atoms with Gasteiger partial charge in [-0.25, -0.2) is 9.97 Å². The SMILES string of the molecule is c1ccc(-c2cc(-n3c4ccccc4c4cc5c(ccc6sc7ccccc7c65)cc43)nc(-c3ccccc3)n2)cc1. The summed E-state index contributed by atoms with van der Waals surface area (Å²) >= 11 is 1.86.